The van der Waals surface area contributed by atoms with E-state index in [4.69, 9.17) is 0 Å². The second-order valence-electron chi connectivity index (χ2n) is 6.87. The molecule has 2 heterocycles. The van der Waals surface area contributed by atoms with Gasteiger partial charge < -0.3 is 4.90 Å². The lowest BCUT2D eigenvalue weighted by Crippen LogP contribution is -2.39. The molecule has 2 fully saturated rings. The first-order valence-corrected chi connectivity index (χ1v) is 9.96. The summed E-state index contributed by atoms with van der Waals surface area (Å²) in [5, 5.41) is 0. The number of benzene rings is 1. The molecule has 126 valence electrons. The van der Waals surface area contributed by atoms with Crippen LogP contribution in [-0.4, -0.2) is 68.9 Å². The van der Waals surface area contributed by atoms with Crippen molar-refractivity contribution in [3.8, 4) is 0 Å². The number of fused-ring (bicyclic) bond motifs is 1. The van der Waals surface area contributed by atoms with Gasteiger partial charge in [-0.3, -0.25) is 9.69 Å². The first-order valence-electron chi connectivity index (χ1n) is 8.13. The average molecular weight is 336 g/mol. The molecule has 3 rings (SSSR count). The van der Waals surface area contributed by atoms with Crippen molar-refractivity contribution in [2.24, 2.45) is 11.8 Å². The predicted molar refractivity (Wildman–Crippen MR) is 89.9 cm³/mol. The molecule has 0 unspecified atom stereocenters. The van der Waals surface area contributed by atoms with Crippen LogP contribution in [-0.2, 0) is 21.1 Å². The van der Waals surface area contributed by atoms with Crippen molar-refractivity contribution in [3.05, 3.63) is 35.9 Å². The number of amides is 1. The number of sulfone groups is 1. The average Bonchev–Trinajstić information content (AvgIpc) is 3.00. The highest BCUT2D eigenvalue weighted by molar-refractivity contribution is 7.91. The lowest BCUT2D eigenvalue weighted by atomic mass is 10.0. The summed E-state index contributed by atoms with van der Waals surface area (Å²) >= 11 is 0. The molecular formula is C17H24N2O3S. The van der Waals surface area contributed by atoms with Crippen LogP contribution < -0.4 is 0 Å². The fraction of sp³-hybridized carbons (Fsp3) is 0.588. The third kappa shape index (κ3) is 4.12. The zero-order valence-corrected chi connectivity index (χ0v) is 14.3. The number of likely N-dealkylation sites (tertiary alicyclic amines) is 1. The summed E-state index contributed by atoms with van der Waals surface area (Å²) < 4.78 is 23.2. The van der Waals surface area contributed by atoms with E-state index in [1.54, 1.807) is 0 Å². The fourth-order valence-corrected chi connectivity index (χ4v) is 5.81. The van der Waals surface area contributed by atoms with Crippen molar-refractivity contribution < 1.29 is 13.2 Å². The molecule has 0 aromatic heterocycles. The van der Waals surface area contributed by atoms with Crippen molar-refractivity contribution in [2.45, 2.75) is 6.42 Å². The molecule has 1 amide bonds. The van der Waals surface area contributed by atoms with Crippen molar-refractivity contribution >= 4 is 15.7 Å². The van der Waals surface area contributed by atoms with Crippen LogP contribution in [0.3, 0.4) is 0 Å². The lowest BCUT2D eigenvalue weighted by molar-refractivity contribution is -0.131. The highest BCUT2D eigenvalue weighted by Crippen LogP contribution is 2.32. The molecule has 23 heavy (non-hydrogen) atoms. The summed E-state index contributed by atoms with van der Waals surface area (Å²) in [6.45, 7) is 2.45. The molecular weight excluding hydrogens is 312 g/mol. The Morgan fingerprint density at radius 3 is 2.39 bits per heavy atom. The molecule has 0 bridgehead atoms. The van der Waals surface area contributed by atoms with E-state index in [0.717, 1.165) is 13.0 Å². The molecule has 2 saturated heterocycles. The Morgan fingerprint density at radius 2 is 1.78 bits per heavy atom. The van der Waals surface area contributed by atoms with Crippen molar-refractivity contribution in [1.29, 1.82) is 0 Å². The van der Waals surface area contributed by atoms with E-state index in [1.165, 1.54) is 5.56 Å². The number of nitrogens with zero attached hydrogens (tertiary/aromatic N) is 2. The van der Waals surface area contributed by atoms with E-state index in [1.807, 2.05) is 35.0 Å². The largest absolute Gasteiger partial charge is 0.341 e. The smallest absolute Gasteiger partial charge is 0.236 e. The molecule has 2 aliphatic rings. The SMILES string of the molecule is CN(CCc1ccccc1)CC(=O)N1C[C@@H]2CS(=O)(=O)C[C@@H]2C1. The highest BCUT2D eigenvalue weighted by Gasteiger charge is 2.44. The fourth-order valence-electron chi connectivity index (χ4n) is 3.62. The Kier molecular flexibility index (Phi) is 4.73. The Balaban J connectivity index is 1.45. The van der Waals surface area contributed by atoms with Gasteiger partial charge in [0.05, 0.1) is 18.1 Å². The maximum Gasteiger partial charge on any atom is 0.236 e. The third-order valence-corrected chi connectivity index (χ3v) is 6.77. The first kappa shape index (κ1) is 16.5. The number of carbonyl (C=O) groups excluding carboxylic acids is 1. The molecule has 0 spiro atoms. The van der Waals surface area contributed by atoms with Gasteiger partial charge in [0.2, 0.25) is 5.91 Å². The van der Waals surface area contributed by atoms with Crippen LogP contribution in [0.25, 0.3) is 0 Å². The zero-order chi connectivity index (χ0) is 16.4. The van der Waals surface area contributed by atoms with E-state index in [0.29, 0.717) is 19.6 Å². The standard InChI is InChI=1S/C17H24N2O3S/c1-18(8-7-14-5-3-2-4-6-14)11-17(20)19-9-15-12-23(21,22)13-16(15)10-19/h2-6,15-16H,7-13H2,1H3/t15-,16+. The minimum atomic E-state index is -2.87. The molecule has 5 nitrogen and oxygen atoms in total. The van der Waals surface area contributed by atoms with Gasteiger partial charge in [0.15, 0.2) is 9.84 Å². The Morgan fingerprint density at radius 1 is 1.17 bits per heavy atom. The van der Waals surface area contributed by atoms with Crippen LogP contribution in [0.15, 0.2) is 30.3 Å². The number of carbonyl (C=O) groups is 1. The molecule has 0 aliphatic carbocycles. The summed E-state index contributed by atoms with van der Waals surface area (Å²) in [4.78, 5) is 16.3. The summed E-state index contributed by atoms with van der Waals surface area (Å²) in [5.41, 5.74) is 1.27. The van der Waals surface area contributed by atoms with Crippen LogP contribution in [0.2, 0.25) is 0 Å². The van der Waals surface area contributed by atoms with Crippen molar-refractivity contribution in [3.63, 3.8) is 0 Å². The third-order valence-electron chi connectivity index (χ3n) is 4.90. The Hall–Kier alpha value is -1.40. The summed E-state index contributed by atoms with van der Waals surface area (Å²) in [7, 11) is -0.905. The van der Waals surface area contributed by atoms with Gasteiger partial charge in [-0.1, -0.05) is 30.3 Å². The Labute approximate surface area is 138 Å². The number of hydrogen-bond acceptors (Lipinski definition) is 4. The molecule has 0 N–H and O–H groups in total. The molecule has 0 radical (unpaired) electrons. The predicted octanol–water partition coefficient (Wildman–Crippen LogP) is 0.664. The van der Waals surface area contributed by atoms with E-state index >= 15 is 0 Å². The zero-order valence-electron chi connectivity index (χ0n) is 13.5. The lowest BCUT2D eigenvalue weighted by Gasteiger charge is -2.22. The minimum absolute atomic E-state index is 0.118. The van der Waals surface area contributed by atoms with Gasteiger partial charge in [-0.05, 0) is 30.9 Å². The monoisotopic (exact) mass is 336 g/mol. The number of hydrogen-bond donors (Lipinski definition) is 0. The molecule has 6 heteroatoms. The van der Waals surface area contributed by atoms with Gasteiger partial charge >= 0.3 is 0 Å². The van der Waals surface area contributed by atoms with Gasteiger partial charge in [-0.15, -0.1) is 0 Å². The maximum absolute atomic E-state index is 12.4. The maximum atomic E-state index is 12.4. The van der Waals surface area contributed by atoms with Crippen molar-refractivity contribution in [1.82, 2.24) is 9.80 Å². The van der Waals surface area contributed by atoms with E-state index in [-0.39, 0.29) is 29.2 Å². The van der Waals surface area contributed by atoms with Crippen LogP contribution in [0, 0.1) is 11.8 Å². The topological polar surface area (TPSA) is 57.7 Å². The van der Waals surface area contributed by atoms with Gasteiger partial charge in [0, 0.05) is 19.6 Å². The first-order chi connectivity index (χ1) is 10.9. The Bertz CT molecular complexity index is 640. The minimum Gasteiger partial charge on any atom is -0.341 e. The quantitative estimate of drug-likeness (QED) is 0.793. The van der Waals surface area contributed by atoms with Crippen LogP contribution in [0.4, 0.5) is 0 Å². The number of likely N-dealkylation sites (N-methyl/N-ethyl adjacent to an activating group) is 1. The molecule has 0 saturated carbocycles. The van der Waals surface area contributed by atoms with Gasteiger partial charge in [-0.2, -0.15) is 0 Å². The molecule has 1 aromatic rings. The molecule has 2 aliphatic heterocycles. The highest BCUT2D eigenvalue weighted by atomic mass is 32.2. The van der Waals surface area contributed by atoms with E-state index < -0.39 is 9.84 Å². The van der Waals surface area contributed by atoms with Gasteiger partial charge in [-0.25, -0.2) is 8.42 Å². The number of rotatable bonds is 5. The van der Waals surface area contributed by atoms with Crippen LogP contribution in [0.1, 0.15) is 5.56 Å². The van der Waals surface area contributed by atoms with Gasteiger partial charge in [0.25, 0.3) is 0 Å². The van der Waals surface area contributed by atoms with Crippen molar-refractivity contribution in [2.75, 3.05) is 44.7 Å². The van der Waals surface area contributed by atoms with Gasteiger partial charge in [0.1, 0.15) is 0 Å². The van der Waals surface area contributed by atoms with E-state index in [9.17, 15) is 13.2 Å². The summed E-state index contributed by atoms with van der Waals surface area (Å²) in [5.74, 6) is 0.931. The second-order valence-corrected chi connectivity index (χ2v) is 9.02. The summed E-state index contributed by atoms with van der Waals surface area (Å²) in [6.07, 6.45) is 0.925. The van der Waals surface area contributed by atoms with Crippen LogP contribution >= 0.6 is 0 Å². The van der Waals surface area contributed by atoms with Crippen LogP contribution in [0.5, 0.6) is 0 Å². The van der Waals surface area contributed by atoms with E-state index in [2.05, 4.69) is 12.1 Å². The molecule has 2 atom stereocenters. The summed E-state index contributed by atoms with van der Waals surface area (Å²) in [6, 6.07) is 10.2. The molecule has 1 aromatic carbocycles. The normalized spacial score (nSPS) is 25.7. The second kappa shape index (κ2) is 6.61.